The molecule has 0 aliphatic heterocycles. The van der Waals surface area contributed by atoms with Gasteiger partial charge in [0, 0.05) is 0 Å². The molecule has 0 saturated heterocycles. The Labute approximate surface area is 67.4 Å². The van der Waals surface area contributed by atoms with E-state index >= 15 is 0 Å². The number of allylic oxidation sites excluding steroid dienone is 4. The molecule has 0 atom stereocenters. The zero-order chi connectivity index (χ0) is 8.48. The Morgan fingerprint density at radius 1 is 1.45 bits per heavy atom. The van der Waals surface area contributed by atoms with Crippen molar-refractivity contribution in [1.29, 1.82) is 0 Å². The molecule has 2 N–H and O–H groups in total. The Morgan fingerprint density at radius 2 is 2.09 bits per heavy atom. The number of hydrogen-bond donors (Lipinski definition) is 2. The molecule has 11 heavy (non-hydrogen) atoms. The van der Waals surface area contributed by atoms with E-state index in [0.29, 0.717) is 5.47 Å². The van der Waals surface area contributed by atoms with Crippen molar-refractivity contribution >= 4 is 7.12 Å². The zero-order valence-corrected chi connectivity index (χ0v) is 6.91. The Balaban J connectivity index is 2.73. The summed E-state index contributed by atoms with van der Waals surface area (Å²) >= 11 is 0. The highest BCUT2D eigenvalue weighted by molar-refractivity contribution is 6.50. The van der Waals surface area contributed by atoms with Crippen molar-refractivity contribution in [2.75, 3.05) is 0 Å². The fourth-order valence-corrected chi connectivity index (χ4v) is 1.25. The minimum absolute atomic E-state index is 0.0633. The van der Waals surface area contributed by atoms with Crippen LogP contribution < -0.4 is 0 Å². The lowest BCUT2D eigenvalue weighted by atomic mass is 9.68. The van der Waals surface area contributed by atoms with Gasteiger partial charge in [0.1, 0.15) is 0 Å². The van der Waals surface area contributed by atoms with E-state index in [2.05, 4.69) is 19.9 Å². The summed E-state index contributed by atoms with van der Waals surface area (Å²) in [4.78, 5) is 0. The second-order valence-electron chi connectivity index (χ2n) is 3.64. The topological polar surface area (TPSA) is 40.5 Å². The van der Waals surface area contributed by atoms with Crippen LogP contribution in [0.3, 0.4) is 0 Å². The summed E-state index contributed by atoms with van der Waals surface area (Å²) in [6, 6.07) is 0. The summed E-state index contributed by atoms with van der Waals surface area (Å²) in [5, 5.41) is 17.7. The van der Waals surface area contributed by atoms with E-state index in [-0.39, 0.29) is 5.41 Å². The molecule has 0 fully saturated rings. The predicted octanol–water partition coefficient (Wildman–Crippen LogP) is 0.911. The SMILES string of the molecule is CC1(C)C=CC=C(B(O)O)C1. The molecule has 0 bridgehead atoms. The van der Waals surface area contributed by atoms with Gasteiger partial charge in [-0.2, -0.15) is 0 Å². The molecule has 0 aromatic heterocycles. The minimum Gasteiger partial charge on any atom is -0.423 e. The van der Waals surface area contributed by atoms with Gasteiger partial charge in [0.05, 0.1) is 0 Å². The average molecular weight is 152 g/mol. The molecule has 60 valence electrons. The summed E-state index contributed by atoms with van der Waals surface area (Å²) in [5.74, 6) is 0. The van der Waals surface area contributed by atoms with Crippen LogP contribution in [0.4, 0.5) is 0 Å². The second-order valence-corrected chi connectivity index (χ2v) is 3.64. The molecule has 0 radical (unpaired) electrons. The van der Waals surface area contributed by atoms with Crippen LogP contribution in [0.5, 0.6) is 0 Å². The molecule has 0 aromatic carbocycles. The van der Waals surface area contributed by atoms with Crippen molar-refractivity contribution in [3.8, 4) is 0 Å². The smallest absolute Gasteiger partial charge is 0.423 e. The summed E-state index contributed by atoms with van der Waals surface area (Å²) in [6.07, 6.45) is 6.42. The van der Waals surface area contributed by atoms with Crippen LogP contribution in [0.25, 0.3) is 0 Å². The molecule has 0 heterocycles. The first-order valence-electron chi connectivity index (χ1n) is 3.76. The Hall–Kier alpha value is -0.535. The second kappa shape index (κ2) is 2.84. The lowest BCUT2D eigenvalue weighted by Gasteiger charge is -2.24. The normalized spacial score (nSPS) is 21.3. The fourth-order valence-electron chi connectivity index (χ4n) is 1.25. The van der Waals surface area contributed by atoms with Gasteiger partial charge in [-0.05, 0) is 17.3 Å². The van der Waals surface area contributed by atoms with Crippen molar-refractivity contribution < 1.29 is 10.0 Å². The maximum absolute atomic E-state index is 8.86. The molecule has 0 spiro atoms. The van der Waals surface area contributed by atoms with E-state index in [4.69, 9.17) is 10.0 Å². The molecule has 1 aliphatic rings. The molecule has 1 aliphatic carbocycles. The maximum atomic E-state index is 8.86. The first-order valence-corrected chi connectivity index (χ1v) is 3.76. The Kier molecular flexibility index (Phi) is 2.21. The van der Waals surface area contributed by atoms with Gasteiger partial charge >= 0.3 is 7.12 Å². The van der Waals surface area contributed by atoms with E-state index in [9.17, 15) is 0 Å². The van der Waals surface area contributed by atoms with Gasteiger partial charge in [-0.15, -0.1) is 0 Å². The lowest BCUT2D eigenvalue weighted by molar-refractivity contribution is 0.400. The monoisotopic (exact) mass is 152 g/mol. The molecule has 0 aromatic rings. The first-order chi connectivity index (χ1) is 5.01. The highest BCUT2D eigenvalue weighted by Crippen LogP contribution is 2.30. The van der Waals surface area contributed by atoms with Gasteiger partial charge in [0.25, 0.3) is 0 Å². The molecule has 0 saturated carbocycles. The summed E-state index contributed by atoms with van der Waals surface area (Å²) in [6.45, 7) is 4.14. The molecule has 2 nitrogen and oxygen atoms in total. The van der Waals surface area contributed by atoms with Crippen LogP contribution in [-0.4, -0.2) is 17.2 Å². The molecular formula is C8H13BO2. The number of hydrogen-bond acceptors (Lipinski definition) is 2. The van der Waals surface area contributed by atoms with Gasteiger partial charge in [-0.1, -0.05) is 32.1 Å². The van der Waals surface area contributed by atoms with E-state index in [1.807, 2.05) is 6.08 Å². The van der Waals surface area contributed by atoms with Crippen LogP contribution in [0.1, 0.15) is 20.3 Å². The average Bonchev–Trinajstić information content (AvgIpc) is 1.85. The highest BCUT2D eigenvalue weighted by atomic mass is 16.4. The highest BCUT2D eigenvalue weighted by Gasteiger charge is 2.24. The van der Waals surface area contributed by atoms with E-state index < -0.39 is 7.12 Å². The molecule has 1 rings (SSSR count). The largest absolute Gasteiger partial charge is 0.484 e. The van der Waals surface area contributed by atoms with Gasteiger partial charge in [0.2, 0.25) is 0 Å². The van der Waals surface area contributed by atoms with Crippen molar-refractivity contribution in [1.82, 2.24) is 0 Å². The molecule has 0 unspecified atom stereocenters. The van der Waals surface area contributed by atoms with Gasteiger partial charge < -0.3 is 10.0 Å². The van der Waals surface area contributed by atoms with Crippen molar-refractivity contribution in [3.63, 3.8) is 0 Å². The Morgan fingerprint density at radius 3 is 2.45 bits per heavy atom. The third-order valence-electron chi connectivity index (χ3n) is 1.85. The van der Waals surface area contributed by atoms with Gasteiger partial charge in [0.15, 0.2) is 0 Å². The van der Waals surface area contributed by atoms with Crippen LogP contribution in [0.15, 0.2) is 23.7 Å². The van der Waals surface area contributed by atoms with Gasteiger partial charge in [-0.3, -0.25) is 0 Å². The zero-order valence-electron chi connectivity index (χ0n) is 6.91. The summed E-state index contributed by atoms with van der Waals surface area (Å²) in [7, 11) is -1.29. The van der Waals surface area contributed by atoms with Crippen molar-refractivity contribution in [3.05, 3.63) is 23.7 Å². The Bertz CT molecular complexity index is 204. The number of rotatable bonds is 1. The quantitative estimate of drug-likeness (QED) is 0.548. The summed E-state index contributed by atoms with van der Waals surface area (Å²) in [5.41, 5.74) is 0.755. The predicted molar refractivity (Wildman–Crippen MR) is 45.8 cm³/mol. The van der Waals surface area contributed by atoms with E-state index in [1.165, 1.54) is 0 Å². The maximum Gasteiger partial charge on any atom is 0.484 e. The third kappa shape index (κ3) is 2.21. The van der Waals surface area contributed by atoms with Gasteiger partial charge in [-0.25, -0.2) is 0 Å². The summed E-state index contributed by atoms with van der Waals surface area (Å²) < 4.78 is 0. The van der Waals surface area contributed by atoms with Crippen LogP contribution >= 0.6 is 0 Å². The van der Waals surface area contributed by atoms with Crippen LogP contribution in [0.2, 0.25) is 0 Å². The first kappa shape index (κ1) is 8.56. The van der Waals surface area contributed by atoms with E-state index in [1.54, 1.807) is 6.08 Å². The van der Waals surface area contributed by atoms with Crippen LogP contribution in [-0.2, 0) is 0 Å². The lowest BCUT2D eigenvalue weighted by Crippen LogP contribution is -2.22. The van der Waals surface area contributed by atoms with Crippen molar-refractivity contribution in [2.45, 2.75) is 20.3 Å². The van der Waals surface area contributed by atoms with Crippen molar-refractivity contribution in [2.24, 2.45) is 5.41 Å². The molecule has 3 heteroatoms. The standard InChI is InChI=1S/C8H13BO2/c1-8(2)5-3-4-7(6-8)9(10)11/h3-5,10-11H,6H2,1-2H3. The third-order valence-corrected chi connectivity index (χ3v) is 1.85. The minimum atomic E-state index is -1.29. The fraction of sp³-hybridized carbons (Fsp3) is 0.500. The van der Waals surface area contributed by atoms with E-state index in [0.717, 1.165) is 6.42 Å². The molecule has 0 amide bonds. The molecular weight excluding hydrogens is 139 g/mol. The van der Waals surface area contributed by atoms with Crippen LogP contribution in [0, 0.1) is 5.41 Å².